The second kappa shape index (κ2) is 8.88. The Morgan fingerprint density at radius 1 is 1.40 bits per heavy atom. The fraction of sp³-hybridized carbons (Fsp3) is 0.632. The summed E-state index contributed by atoms with van der Waals surface area (Å²) in [5.74, 6) is 1.46. The number of rotatable bonds is 6. The van der Waals surface area contributed by atoms with Gasteiger partial charge in [0.25, 0.3) is 0 Å². The third-order valence-electron chi connectivity index (χ3n) is 5.20. The van der Waals surface area contributed by atoms with Gasteiger partial charge in [-0.15, -0.1) is 0 Å². The maximum atomic E-state index is 12.1. The number of piperidine rings is 1. The summed E-state index contributed by atoms with van der Waals surface area (Å²) in [7, 11) is 1.65. The zero-order chi connectivity index (χ0) is 17.6. The summed E-state index contributed by atoms with van der Waals surface area (Å²) in [6.07, 6.45) is 4.39. The van der Waals surface area contributed by atoms with Crippen molar-refractivity contribution in [3.8, 4) is 5.75 Å². The zero-order valence-corrected chi connectivity index (χ0v) is 15.6. The van der Waals surface area contributed by atoms with Gasteiger partial charge in [0, 0.05) is 24.7 Å². The Bertz CT molecular complexity index is 590. The molecule has 2 saturated heterocycles. The highest BCUT2D eigenvalue weighted by Gasteiger charge is 2.24. The number of methoxy groups -OCH3 is 1. The molecule has 2 heterocycles. The van der Waals surface area contributed by atoms with Crippen molar-refractivity contribution in [1.82, 2.24) is 15.5 Å². The summed E-state index contributed by atoms with van der Waals surface area (Å²) in [4.78, 5) is 14.6. The van der Waals surface area contributed by atoms with Crippen molar-refractivity contribution < 1.29 is 9.53 Å². The molecule has 5 nitrogen and oxygen atoms in total. The molecule has 1 aromatic carbocycles. The van der Waals surface area contributed by atoms with Crippen LogP contribution in [0.4, 0.5) is 0 Å². The molecule has 0 saturated carbocycles. The SMILES string of the molecule is COc1ccc(CN2CCCC(CNC(=O)C3CCCN3)C2)c(Cl)c1. The third-order valence-corrected chi connectivity index (χ3v) is 5.55. The van der Waals surface area contributed by atoms with Crippen molar-refractivity contribution in [1.29, 1.82) is 0 Å². The van der Waals surface area contributed by atoms with Gasteiger partial charge in [-0.25, -0.2) is 0 Å². The topological polar surface area (TPSA) is 53.6 Å². The predicted molar refractivity (Wildman–Crippen MR) is 100 cm³/mol. The molecule has 3 rings (SSSR count). The Morgan fingerprint density at radius 2 is 2.28 bits per heavy atom. The molecule has 2 aliphatic rings. The first-order valence-electron chi connectivity index (χ1n) is 9.21. The molecule has 2 N–H and O–H groups in total. The summed E-state index contributed by atoms with van der Waals surface area (Å²) in [6.45, 7) is 4.65. The number of halogens is 1. The van der Waals surface area contributed by atoms with Crippen LogP contribution >= 0.6 is 11.6 Å². The van der Waals surface area contributed by atoms with Gasteiger partial charge in [0.05, 0.1) is 13.2 Å². The molecule has 0 aromatic heterocycles. The number of nitrogens with zero attached hydrogens (tertiary/aromatic N) is 1. The molecule has 1 amide bonds. The number of ether oxygens (including phenoxy) is 1. The molecule has 2 atom stereocenters. The fourth-order valence-corrected chi connectivity index (χ4v) is 3.99. The number of benzene rings is 1. The van der Waals surface area contributed by atoms with Crippen molar-refractivity contribution in [2.24, 2.45) is 5.92 Å². The molecule has 2 aliphatic heterocycles. The van der Waals surface area contributed by atoms with E-state index in [1.807, 2.05) is 18.2 Å². The van der Waals surface area contributed by atoms with Crippen molar-refractivity contribution in [2.75, 3.05) is 33.3 Å². The quantitative estimate of drug-likeness (QED) is 0.813. The van der Waals surface area contributed by atoms with Gasteiger partial charge in [-0.1, -0.05) is 17.7 Å². The first-order chi connectivity index (χ1) is 12.2. The van der Waals surface area contributed by atoms with Crippen LogP contribution in [0.25, 0.3) is 0 Å². The van der Waals surface area contributed by atoms with E-state index >= 15 is 0 Å². The molecule has 0 spiro atoms. The van der Waals surface area contributed by atoms with E-state index < -0.39 is 0 Å². The molecule has 0 aliphatic carbocycles. The van der Waals surface area contributed by atoms with Crippen LogP contribution in [0.5, 0.6) is 5.75 Å². The Labute approximate surface area is 155 Å². The number of hydrogen-bond donors (Lipinski definition) is 2. The summed E-state index contributed by atoms with van der Waals surface area (Å²) in [5, 5.41) is 7.14. The molecule has 1 aromatic rings. The summed E-state index contributed by atoms with van der Waals surface area (Å²) in [6, 6.07) is 5.88. The maximum Gasteiger partial charge on any atom is 0.237 e. The van der Waals surface area contributed by atoms with E-state index in [1.165, 1.54) is 6.42 Å². The number of hydrogen-bond acceptors (Lipinski definition) is 4. The highest BCUT2D eigenvalue weighted by atomic mass is 35.5. The van der Waals surface area contributed by atoms with E-state index in [-0.39, 0.29) is 11.9 Å². The van der Waals surface area contributed by atoms with Gasteiger partial charge in [0.15, 0.2) is 0 Å². The standard InChI is InChI=1S/C19H28ClN3O2/c1-25-16-7-6-15(17(20)10-16)13-23-9-3-4-14(12-23)11-22-19(24)18-5-2-8-21-18/h6-7,10,14,18,21H,2-5,8-9,11-13H2,1H3,(H,22,24). The van der Waals surface area contributed by atoms with Gasteiger partial charge in [-0.05, 0) is 62.4 Å². The van der Waals surface area contributed by atoms with Crippen molar-refractivity contribution in [3.63, 3.8) is 0 Å². The average molecular weight is 366 g/mol. The minimum absolute atomic E-state index is 0.0119. The molecule has 0 radical (unpaired) electrons. The zero-order valence-electron chi connectivity index (χ0n) is 14.9. The third kappa shape index (κ3) is 5.09. The van der Waals surface area contributed by atoms with Crippen molar-refractivity contribution in [2.45, 2.75) is 38.3 Å². The number of nitrogens with one attached hydrogen (secondary N) is 2. The van der Waals surface area contributed by atoms with Crippen LogP contribution in [-0.2, 0) is 11.3 Å². The first kappa shape index (κ1) is 18.5. The van der Waals surface area contributed by atoms with Crippen LogP contribution in [0.2, 0.25) is 5.02 Å². The lowest BCUT2D eigenvalue weighted by molar-refractivity contribution is -0.123. The summed E-state index contributed by atoms with van der Waals surface area (Å²) in [5.41, 5.74) is 1.13. The highest BCUT2D eigenvalue weighted by molar-refractivity contribution is 6.31. The minimum Gasteiger partial charge on any atom is -0.497 e. The van der Waals surface area contributed by atoms with Crippen LogP contribution in [-0.4, -0.2) is 50.1 Å². The molecule has 6 heteroatoms. The van der Waals surface area contributed by atoms with Crippen molar-refractivity contribution >= 4 is 17.5 Å². The number of likely N-dealkylation sites (tertiary alicyclic amines) is 1. The van der Waals surface area contributed by atoms with Crippen LogP contribution in [0.3, 0.4) is 0 Å². The Kier molecular flexibility index (Phi) is 6.57. The van der Waals surface area contributed by atoms with Gasteiger partial charge in [0.1, 0.15) is 5.75 Å². The fourth-order valence-electron chi connectivity index (χ4n) is 3.76. The van der Waals surface area contributed by atoms with Gasteiger partial charge in [-0.3, -0.25) is 9.69 Å². The van der Waals surface area contributed by atoms with Crippen LogP contribution in [0.1, 0.15) is 31.2 Å². The molecule has 0 bridgehead atoms. The smallest absolute Gasteiger partial charge is 0.237 e. The lowest BCUT2D eigenvalue weighted by Gasteiger charge is -2.33. The monoisotopic (exact) mass is 365 g/mol. The predicted octanol–water partition coefficient (Wildman–Crippen LogP) is 2.43. The van der Waals surface area contributed by atoms with Gasteiger partial charge < -0.3 is 15.4 Å². The summed E-state index contributed by atoms with van der Waals surface area (Å²) < 4.78 is 5.21. The van der Waals surface area contributed by atoms with Crippen molar-refractivity contribution in [3.05, 3.63) is 28.8 Å². The average Bonchev–Trinajstić information content (AvgIpc) is 3.16. The number of amides is 1. The molecular weight excluding hydrogens is 338 g/mol. The molecular formula is C19H28ClN3O2. The Balaban J connectivity index is 1.48. The largest absolute Gasteiger partial charge is 0.497 e. The molecule has 2 fully saturated rings. The van der Waals surface area contributed by atoms with E-state index in [4.69, 9.17) is 16.3 Å². The second-order valence-corrected chi connectivity index (χ2v) is 7.50. The Hall–Kier alpha value is -1.30. The minimum atomic E-state index is 0.0119. The van der Waals surface area contributed by atoms with E-state index in [0.29, 0.717) is 5.92 Å². The van der Waals surface area contributed by atoms with Gasteiger partial charge in [-0.2, -0.15) is 0 Å². The highest BCUT2D eigenvalue weighted by Crippen LogP contribution is 2.25. The molecule has 25 heavy (non-hydrogen) atoms. The second-order valence-electron chi connectivity index (χ2n) is 7.09. The molecule has 138 valence electrons. The molecule has 2 unspecified atom stereocenters. The Morgan fingerprint density at radius 3 is 3.00 bits per heavy atom. The van der Waals surface area contributed by atoms with Crippen LogP contribution in [0, 0.1) is 5.92 Å². The lowest BCUT2D eigenvalue weighted by Crippen LogP contribution is -2.45. The van der Waals surface area contributed by atoms with E-state index in [1.54, 1.807) is 7.11 Å². The van der Waals surface area contributed by atoms with Gasteiger partial charge in [0.2, 0.25) is 5.91 Å². The number of carbonyl (C=O) groups excluding carboxylic acids is 1. The summed E-state index contributed by atoms with van der Waals surface area (Å²) >= 11 is 6.37. The number of carbonyl (C=O) groups is 1. The van der Waals surface area contributed by atoms with Crippen LogP contribution in [0.15, 0.2) is 18.2 Å². The maximum absolute atomic E-state index is 12.1. The first-order valence-corrected chi connectivity index (χ1v) is 9.59. The van der Waals surface area contributed by atoms with Gasteiger partial charge >= 0.3 is 0 Å². The van der Waals surface area contributed by atoms with E-state index in [2.05, 4.69) is 15.5 Å². The van der Waals surface area contributed by atoms with E-state index in [9.17, 15) is 4.79 Å². The normalized spacial score (nSPS) is 24.2. The van der Waals surface area contributed by atoms with E-state index in [0.717, 1.165) is 68.3 Å². The lowest BCUT2D eigenvalue weighted by atomic mass is 9.97. The van der Waals surface area contributed by atoms with Crippen LogP contribution < -0.4 is 15.4 Å².